The van der Waals surface area contributed by atoms with Crippen LogP contribution in [0.2, 0.25) is 10.0 Å². The normalized spacial score (nSPS) is 13.8. The number of fused-ring (bicyclic) bond motifs is 1. The number of aromatic nitrogens is 3. The Morgan fingerprint density at radius 1 is 0.969 bits per heavy atom. The van der Waals surface area contributed by atoms with Gasteiger partial charge in [-0.1, -0.05) is 52.7 Å². The molecule has 0 aliphatic carbocycles. The molecule has 32 heavy (non-hydrogen) atoms. The van der Waals surface area contributed by atoms with Crippen molar-refractivity contribution < 1.29 is 4.39 Å². The quantitative estimate of drug-likeness (QED) is 0.324. The monoisotopic (exact) mass is 487 g/mol. The molecular formula is C23H20Cl2FN5S. The number of rotatable bonds is 6. The van der Waals surface area contributed by atoms with E-state index in [-0.39, 0.29) is 0 Å². The van der Waals surface area contributed by atoms with Crippen LogP contribution in [0.1, 0.15) is 29.0 Å². The number of hydrogen-bond donors (Lipinski definition) is 1. The van der Waals surface area contributed by atoms with E-state index in [0.29, 0.717) is 39.3 Å². The molecule has 2 aromatic carbocycles. The van der Waals surface area contributed by atoms with E-state index >= 15 is 0 Å². The van der Waals surface area contributed by atoms with Gasteiger partial charge in [0.1, 0.15) is 17.2 Å². The van der Waals surface area contributed by atoms with Crippen LogP contribution in [-0.2, 0) is 13.1 Å². The molecule has 3 heterocycles. The molecule has 5 rings (SSSR count). The lowest BCUT2D eigenvalue weighted by molar-refractivity contribution is 0.485. The fourth-order valence-electron chi connectivity index (χ4n) is 3.74. The average molecular weight is 488 g/mol. The molecule has 0 bridgehead atoms. The maximum atomic E-state index is 12.9. The number of halogens is 3. The van der Waals surface area contributed by atoms with Gasteiger partial charge in [-0.05, 0) is 48.2 Å². The molecule has 164 valence electrons. The SMILES string of the molecule is FCc1ccc(Nc2nc(N3CCCC3)nc3sc(Cc4c(Cl)cccc4Cl)nc23)cc1. The second-order valence-corrected chi connectivity index (χ2v) is 9.54. The third-order valence-electron chi connectivity index (χ3n) is 5.44. The Kier molecular flexibility index (Phi) is 6.13. The molecule has 0 atom stereocenters. The highest BCUT2D eigenvalue weighted by Crippen LogP contribution is 2.34. The van der Waals surface area contributed by atoms with E-state index in [4.69, 9.17) is 38.2 Å². The van der Waals surface area contributed by atoms with E-state index in [9.17, 15) is 4.39 Å². The largest absolute Gasteiger partial charge is 0.341 e. The van der Waals surface area contributed by atoms with Crippen LogP contribution in [-0.4, -0.2) is 28.0 Å². The molecule has 1 N–H and O–H groups in total. The second-order valence-electron chi connectivity index (χ2n) is 7.66. The Hall–Kier alpha value is -2.48. The van der Waals surface area contributed by atoms with Gasteiger partial charge >= 0.3 is 0 Å². The van der Waals surface area contributed by atoms with Crippen LogP contribution in [0.5, 0.6) is 0 Å². The number of alkyl halides is 1. The zero-order valence-corrected chi connectivity index (χ0v) is 19.4. The number of anilines is 3. The predicted molar refractivity (Wildman–Crippen MR) is 130 cm³/mol. The Labute approximate surface area is 199 Å². The Morgan fingerprint density at radius 3 is 2.38 bits per heavy atom. The number of thiazole rings is 1. The van der Waals surface area contributed by atoms with Crippen molar-refractivity contribution >= 4 is 62.3 Å². The summed E-state index contributed by atoms with van der Waals surface area (Å²) in [5.74, 6) is 1.33. The van der Waals surface area contributed by atoms with Crippen LogP contribution in [0.25, 0.3) is 10.3 Å². The second kappa shape index (κ2) is 9.17. The van der Waals surface area contributed by atoms with Crippen molar-refractivity contribution in [3.8, 4) is 0 Å². The number of nitrogens with one attached hydrogen (secondary N) is 1. The molecule has 5 nitrogen and oxygen atoms in total. The Balaban J connectivity index is 1.55. The number of benzene rings is 2. The molecule has 1 aliphatic rings. The lowest BCUT2D eigenvalue weighted by Crippen LogP contribution is -2.20. The van der Waals surface area contributed by atoms with Gasteiger partial charge in [0.15, 0.2) is 10.6 Å². The summed E-state index contributed by atoms with van der Waals surface area (Å²) in [6, 6.07) is 12.7. The molecule has 1 fully saturated rings. The summed E-state index contributed by atoms with van der Waals surface area (Å²) >= 11 is 14.3. The van der Waals surface area contributed by atoms with Gasteiger partial charge in [0.25, 0.3) is 0 Å². The van der Waals surface area contributed by atoms with Crippen molar-refractivity contribution in [1.82, 2.24) is 15.0 Å². The smallest absolute Gasteiger partial charge is 0.228 e. The van der Waals surface area contributed by atoms with Crippen molar-refractivity contribution in [3.63, 3.8) is 0 Å². The first-order valence-electron chi connectivity index (χ1n) is 10.4. The van der Waals surface area contributed by atoms with Gasteiger partial charge in [-0.15, -0.1) is 0 Å². The molecule has 0 spiro atoms. The Morgan fingerprint density at radius 2 is 1.69 bits per heavy atom. The van der Waals surface area contributed by atoms with Crippen LogP contribution >= 0.6 is 34.5 Å². The maximum Gasteiger partial charge on any atom is 0.228 e. The van der Waals surface area contributed by atoms with E-state index in [0.717, 1.165) is 47.0 Å². The zero-order valence-electron chi connectivity index (χ0n) is 17.1. The molecular weight excluding hydrogens is 468 g/mol. The standard InChI is InChI=1S/C23H20Cl2FN5S/c24-17-4-3-5-18(25)16(17)12-19-28-20-21(27-15-8-6-14(13-26)7-9-15)29-23(30-22(20)32-19)31-10-1-2-11-31/h3-9H,1-2,10-13H2,(H,27,29,30). The highest BCUT2D eigenvalue weighted by molar-refractivity contribution is 7.18. The highest BCUT2D eigenvalue weighted by Gasteiger charge is 2.20. The van der Waals surface area contributed by atoms with Crippen LogP contribution in [0, 0.1) is 0 Å². The van der Waals surface area contributed by atoms with Gasteiger partial charge in [0.2, 0.25) is 5.95 Å². The topological polar surface area (TPSA) is 53.9 Å². The summed E-state index contributed by atoms with van der Waals surface area (Å²) in [6.45, 7) is 1.39. The molecule has 1 saturated heterocycles. The van der Waals surface area contributed by atoms with E-state index in [1.54, 1.807) is 12.1 Å². The van der Waals surface area contributed by atoms with Crippen LogP contribution in [0.3, 0.4) is 0 Å². The minimum Gasteiger partial charge on any atom is -0.341 e. The molecule has 4 aromatic rings. The van der Waals surface area contributed by atoms with Crippen molar-refractivity contribution in [1.29, 1.82) is 0 Å². The summed E-state index contributed by atoms with van der Waals surface area (Å²) < 4.78 is 12.9. The molecule has 0 amide bonds. The first-order valence-corrected chi connectivity index (χ1v) is 11.9. The third kappa shape index (κ3) is 4.37. The minimum absolute atomic E-state index is 0.489. The lowest BCUT2D eigenvalue weighted by Gasteiger charge is -2.16. The average Bonchev–Trinajstić information content (AvgIpc) is 3.47. The van der Waals surface area contributed by atoms with E-state index < -0.39 is 6.67 Å². The summed E-state index contributed by atoms with van der Waals surface area (Å²) in [5.41, 5.74) is 3.00. The zero-order chi connectivity index (χ0) is 22.1. The first kappa shape index (κ1) is 21.4. The summed E-state index contributed by atoms with van der Waals surface area (Å²) in [6.07, 6.45) is 2.78. The lowest BCUT2D eigenvalue weighted by atomic mass is 10.1. The molecule has 0 radical (unpaired) electrons. The van der Waals surface area contributed by atoms with Crippen LogP contribution < -0.4 is 10.2 Å². The molecule has 0 unspecified atom stereocenters. The molecule has 9 heteroatoms. The fourth-order valence-corrected chi connectivity index (χ4v) is 5.22. The van der Waals surface area contributed by atoms with Crippen molar-refractivity contribution in [2.24, 2.45) is 0 Å². The first-order chi connectivity index (χ1) is 15.6. The van der Waals surface area contributed by atoms with Gasteiger partial charge in [-0.2, -0.15) is 9.97 Å². The van der Waals surface area contributed by atoms with Gasteiger partial charge in [0.05, 0.1) is 0 Å². The maximum absolute atomic E-state index is 12.9. The van der Waals surface area contributed by atoms with Gasteiger partial charge < -0.3 is 10.2 Å². The van der Waals surface area contributed by atoms with Gasteiger partial charge in [0, 0.05) is 35.2 Å². The van der Waals surface area contributed by atoms with Crippen molar-refractivity contribution in [2.75, 3.05) is 23.3 Å². The van der Waals surface area contributed by atoms with E-state index in [2.05, 4.69) is 10.2 Å². The predicted octanol–water partition coefficient (Wildman–Crippen LogP) is 6.80. The number of hydrogen-bond acceptors (Lipinski definition) is 6. The fraction of sp³-hybridized carbons (Fsp3) is 0.261. The molecule has 0 saturated carbocycles. The van der Waals surface area contributed by atoms with E-state index in [1.165, 1.54) is 11.3 Å². The third-order valence-corrected chi connectivity index (χ3v) is 7.10. The van der Waals surface area contributed by atoms with Crippen LogP contribution in [0.4, 0.5) is 21.8 Å². The van der Waals surface area contributed by atoms with Gasteiger partial charge in [-0.3, -0.25) is 0 Å². The summed E-state index contributed by atoms with van der Waals surface area (Å²) in [4.78, 5) is 17.4. The molecule has 2 aromatic heterocycles. The van der Waals surface area contributed by atoms with Gasteiger partial charge in [-0.25, -0.2) is 9.37 Å². The Bertz CT molecular complexity index is 1240. The highest BCUT2D eigenvalue weighted by atomic mass is 35.5. The van der Waals surface area contributed by atoms with E-state index in [1.807, 2.05) is 30.3 Å². The summed E-state index contributed by atoms with van der Waals surface area (Å²) in [7, 11) is 0. The number of nitrogens with zero attached hydrogens (tertiary/aromatic N) is 4. The summed E-state index contributed by atoms with van der Waals surface area (Å²) in [5, 5.41) is 5.45. The van der Waals surface area contributed by atoms with Crippen LogP contribution in [0.15, 0.2) is 42.5 Å². The minimum atomic E-state index is -0.489. The van der Waals surface area contributed by atoms with Crippen molar-refractivity contribution in [3.05, 3.63) is 68.6 Å². The molecule has 1 aliphatic heterocycles. The van der Waals surface area contributed by atoms with Crippen molar-refractivity contribution in [2.45, 2.75) is 25.9 Å².